The van der Waals surface area contributed by atoms with E-state index in [1.54, 1.807) is 7.11 Å². The summed E-state index contributed by atoms with van der Waals surface area (Å²) in [6.07, 6.45) is 2.69. The molecule has 0 aliphatic carbocycles. The standard InChI is InChI=1S/C26H31N5O2S/c1-33-23-12-6-5-11-22(23)29-14-16-30(17-15-29)25(32)21-10-7-13-31(19-21)26-27-24(28-34-26)18-20-8-3-2-4-9-20/h2-6,8-9,11-12,21H,7,10,13-19H2,1H3. The molecule has 0 bridgehead atoms. The Hall–Kier alpha value is -3.13. The van der Waals surface area contributed by atoms with Gasteiger partial charge in [0.15, 0.2) is 0 Å². The van der Waals surface area contributed by atoms with Gasteiger partial charge in [-0.25, -0.2) is 4.98 Å². The Morgan fingerprint density at radius 1 is 1.00 bits per heavy atom. The Morgan fingerprint density at radius 2 is 1.76 bits per heavy atom. The summed E-state index contributed by atoms with van der Waals surface area (Å²) in [7, 11) is 1.70. The van der Waals surface area contributed by atoms with Gasteiger partial charge in [-0.05, 0) is 30.5 Å². The number of hydrogen-bond acceptors (Lipinski definition) is 7. The number of anilines is 2. The molecule has 3 heterocycles. The molecule has 178 valence electrons. The highest BCUT2D eigenvalue weighted by Gasteiger charge is 2.32. The zero-order valence-corrected chi connectivity index (χ0v) is 20.4. The number of rotatable bonds is 6. The van der Waals surface area contributed by atoms with Crippen molar-refractivity contribution in [1.29, 1.82) is 0 Å². The molecule has 1 atom stereocenters. The first kappa shape index (κ1) is 22.7. The number of amides is 1. The van der Waals surface area contributed by atoms with Crippen molar-refractivity contribution in [2.45, 2.75) is 19.3 Å². The molecule has 2 aliphatic heterocycles. The van der Waals surface area contributed by atoms with Gasteiger partial charge in [0, 0.05) is 57.2 Å². The van der Waals surface area contributed by atoms with Gasteiger partial charge in [0.05, 0.1) is 18.7 Å². The number of aromatic nitrogens is 2. The van der Waals surface area contributed by atoms with Crippen LogP contribution in [-0.2, 0) is 11.2 Å². The zero-order valence-electron chi connectivity index (χ0n) is 19.6. The van der Waals surface area contributed by atoms with Crippen LogP contribution in [0.1, 0.15) is 24.2 Å². The van der Waals surface area contributed by atoms with Gasteiger partial charge in [0.2, 0.25) is 11.0 Å². The van der Waals surface area contributed by atoms with Gasteiger partial charge >= 0.3 is 0 Å². The monoisotopic (exact) mass is 477 g/mol. The van der Waals surface area contributed by atoms with Crippen LogP contribution in [0.4, 0.5) is 10.8 Å². The van der Waals surface area contributed by atoms with E-state index in [2.05, 4.69) is 32.4 Å². The van der Waals surface area contributed by atoms with Crippen LogP contribution in [0.3, 0.4) is 0 Å². The summed E-state index contributed by atoms with van der Waals surface area (Å²) in [6, 6.07) is 18.4. The van der Waals surface area contributed by atoms with Crippen molar-refractivity contribution in [1.82, 2.24) is 14.3 Å². The topological polar surface area (TPSA) is 61.8 Å². The number of para-hydroxylation sites is 2. The predicted octanol–water partition coefficient (Wildman–Crippen LogP) is 3.70. The van der Waals surface area contributed by atoms with E-state index in [1.165, 1.54) is 17.1 Å². The van der Waals surface area contributed by atoms with E-state index in [1.807, 2.05) is 41.3 Å². The van der Waals surface area contributed by atoms with Crippen LogP contribution in [0.2, 0.25) is 0 Å². The van der Waals surface area contributed by atoms with Crippen LogP contribution >= 0.6 is 11.5 Å². The molecule has 2 aliphatic rings. The zero-order chi connectivity index (χ0) is 23.3. The number of hydrogen-bond donors (Lipinski definition) is 0. The van der Waals surface area contributed by atoms with Gasteiger partial charge < -0.3 is 19.4 Å². The summed E-state index contributed by atoms with van der Waals surface area (Å²) in [6.45, 7) is 4.79. The van der Waals surface area contributed by atoms with E-state index in [-0.39, 0.29) is 11.8 Å². The van der Waals surface area contributed by atoms with Crippen molar-refractivity contribution in [2.75, 3.05) is 56.2 Å². The van der Waals surface area contributed by atoms with Gasteiger partial charge in [-0.3, -0.25) is 4.79 Å². The molecule has 1 aromatic heterocycles. The molecule has 0 N–H and O–H groups in total. The fraction of sp³-hybridized carbons (Fsp3) is 0.423. The SMILES string of the molecule is COc1ccccc1N1CCN(C(=O)C2CCCN(c3nc(Cc4ccccc4)ns3)C2)CC1. The van der Waals surface area contributed by atoms with Crippen molar-refractivity contribution in [3.05, 3.63) is 66.0 Å². The van der Waals surface area contributed by atoms with Crippen LogP contribution in [0.15, 0.2) is 54.6 Å². The lowest BCUT2D eigenvalue weighted by atomic mass is 9.96. The van der Waals surface area contributed by atoms with Crippen molar-refractivity contribution in [3.8, 4) is 5.75 Å². The van der Waals surface area contributed by atoms with Crippen molar-refractivity contribution in [3.63, 3.8) is 0 Å². The Labute approximate surface area is 205 Å². The second-order valence-electron chi connectivity index (χ2n) is 8.92. The van der Waals surface area contributed by atoms with Crippen LogP contribution in [-0.4, -0.2) is 66.5 Å². The molecule has 0 saturated carbocycles. The number of carbonyl (C=O) groups is 1. The Balaban J connectivity index is 1.17. The summed E-state index contributed by atoms with van der Waals surface area (Å²) >= 11 is 1.45. The molecule has 0 radical (unpaired) electrons. The van der Waals surface area contributed by atoms with Crippen molar-refractivity contribution in [2.24, 2.45) is 5.92 Å². The van der Waals surface area contributed by atoms with Gasteiger partial charge in [0.1, 0.15) is 11.6 Å². The number of ether oxygens (including phenoxy) is 1. The smallest absolute Gasteiger partial charge is 0.227 e. The largest absolute Gasteiger partial charge is 0.495 e. The minimum atomic E-state index is 0.0213. The first-order valence-corrected chi connectivity index (χ1v) is 12.8. The summed E-state index contributed by atoms with van der Waals surface area (Å²) in [5.41, 5.74) is 2.31. The third-order valence-electron chi connectivity index (χ3n) is 6.72. The van der Waals surface area contributed by atoms with Crippen LogP contribution in [0.5, 0.6) is 5.75 Å². The van der Waals surface area contributed by atoms with E-state index >= 15 is 0 Å². The lowest BCUT2D eigenvalue weighted by Crippen LogP contribution is -2.52. The van der Waals surface area contributed by atoms with Gasteiger partial charge in [0.25, 0.3) is 0 Å². The highest BCUT2D eigenvalue weighted by molar-refractivity contribution is 7.09. The average molecular weight is 478 g/mol. The first-order valence-electron chi connectivity index (χ1n) is 12.0. The number of piperidine rings is 1. The third-order valence-corrected chi connectivity index (χ3v) is 7.54. The molecular formula is C26H31N5O2S. The highest BCUT2D eigenvalue weighted by Crippen LogP contribution is 2.30. The molecule has 5 rings (SSSR count). The summed E-state index contributed by atoms with van der Waals surface area (Å²) in [5.74, 6) is 2.03. The molecule has 1 amide bonds. The molecule has 2 saturated heterocycles. The average Bonchev–Trinajstić information content (AvgIpc) is 3.37. The molecule has 2 fully saturated rings. The fourth-order valence-electron chi connectivity index (χ4n) is 4.89. The molecule has 2 aromatic carbocycles. The summed E-state index contributed by atoms with van der Waals surface area (Å²) in [5, 5.41) is 0.935. The van der Waals surface area contributed by atoms with Gasteiger partial charge in [-0.1, -0.05) is 42.5 Å². The fourth-order valence-corrected chi connectivity index (χ4v) is 5.61. The van der Waals surface area contributed by atoms with E-state index in [0.29, 0.717) is 0 Å². The summed E-state index contributed by atoms with van der Waals surface area (Å²) < 4.78 is 10.1. The van der Waals surface area contributed by atoms with Crippen LogP contribution in [0, 0.1) is 5.92 Å². The molecule has 1 unspecified atom stereocenters. The first-order chi connectivity index (χ1) is 16.7. The van der Waals surface area contributed by atoms with E-state index in [9.17, 15) is 4.79 Å². The molecule has 34 heavy (non-hydrogen) atoms. The third kappa shape index (κ3) is 5.01. The Kier molecular flexibility index (Phi) is 6.94. The molecule has 0 spiro atoms. The van der Waals surface area contributed by atoms with E-state index in [0.717, 1.165) is 80.9 Å². The normalized spacial score (nSPS) is 18.7. The molecular weight excluding hydrogens is 446 g/mol. The van der Waals surface area contributed by atoms with Crippen molar-refractivity contribution >= 4 is 28.3 Å². The van der Waals surface area contributed by atoms with E-state index < -0.39 is 0 Å². The maximum atomic E-state index is 13.4. The number of methoxy groups -OCH3 is 1. The van der Waals surface area contributed by atoms with Crippen LogP contribution in [0.25, 0.3) is 0 Å². The second-order valence-corrected chi connectivity index (χ2v) is 9.66. The molecule has 7 nitrogen and oxygen atoms in total. The number of piperazine rings is 1. The van der Waals surface area contributed by atoms with Crippen LogP contribution < -0.4 is 14.5 Å². The lowest BCUT2D eigenvalue weighted by Gasteiger charge is -2.39. The lowest BCUT2D eigenvalue weighted by molar-refractivity contribution is -0.136. The number of carbonyl (C=O) groups excluding carboxylic acids is 1. The highest BCUT2D eigenvalue weighted by atomic mass is 32.1. The maximum Gasteiger partial charge on any atom is 0.227 e. The van der Waals surface area contributed by atoms with Gasteiger partial charge in [-0.2, -0.15) is 4.37 Å². The number of benzene rings is 2. The minimum Gasteiger partial charge on any atom is -0.495 e. The predicted molar refractivity (Wildman–Crippen MR) is 136 cm³/mol. The van der Waals surface area contributed by atoms with E-state index in [4.69, 9.17) is 9.72 Å². The summed E-state index contributed by atoms with van der Waals surface area (Å²) in [4.78, 5) is 24.8. The second kappa shape index (κ2) is 10.4. The molecule has 8 heteroatoms. The Morgan fingerprint density at radius 3 is 2.56 bits per heavy atom. The Bertz CT molecular complexity index is 1100. The maximum absolute atomic E-state index is 13.4. The van der Waals surface area contributed by atoms with Gasteiger partial charge in [-0.15, -0.1) is 0 Å². The number of nitrogens with zero attached hydrogens (tertiary/aromatic N) is 5. The quantitative estimate of drug-likeness (QED) is 0.540. The van der Waals surface area contributed by atoms with Crippen molar-refractivity contribution < 1.29 is 9.53 Å². The molecule has 3 aromatic rings. The minimum absolute atomic E-state index is 0.0213.